The van der Waals surface area contributed by atoms with Crippen LogP contribution in [0.2, 0.25) is 0 Å². The van der Waals surface area contributed by atoms with Crippen LogP contribution in [0.15, 0.2) is 23.5 Å². The summed E-state index contributed by atoms with van der Waals surface area (Å²) >= 11 is 0. The molecule has 3 aliphatic rings. The molecule has 2 heterocycles. The van der Waals surface area contributed by atoms with Gasteiger partial charge in [0.2, 0.25) is 0 Å². The van der Waals surface area contributed by atoms with Crippen LogP contribution in [0.3, 0.4) is 0 Å². The number of carbonyl (C=O) groups is 3. The largest absolute Gasteiger partial charge is 0.461 e. The highest BCUT2D eigenvalue weighted by molar-refractivity contribution is 5.71. The van der Waals surface area contributed by atoms with Crippen molar-refractivity contribution in [1.82, 2.24) is 0 Å². The Morgan fingerprint density at radius 1 is 1.16 bits per heavy atom. The van der Waals surface area contributed by atoms with Gasteiger partial charge < -0.3 is 23.7 Å². The predicted molar refractivity (Wildman–Crippen MR) is 109 cm³/mol. The van der Waals surface area contributed by atoms with Gasteiger partial charge in [-0.1, -0.05) is 34.1 Å². The lowest BCUT2D eigenvalue weighted by molar-refractivity contribution is -0.186. The molecule has 3 rings (SSSR count). The highest BCUT2D eigenvalue weighted by atomic mass is 16.7. The van der Waals surface area contributed by atoms with Gasteiger partial charge >= 0.3 is 17.9 Å². The molecule has 8 heteroatoms. The third-order valence-corrected chi connectivity index (χ3v) is 5.86. The molecule has 172 valence electrons. The molecule has 0 amide bonds. The molecule has 0 radical (unpaired) electrons. The molecule has 2 aliphatic heterocycles. The van der Waals surface area contributed by atoms with E-state index in [0.717, 1.165) is 12.0 Å². The monoisotopic (exact) mass is 436 g/mol. The summed E-state index contributed by atoms with van der Waals surface area (Å²) in [4.78, 5) is 36.1. The zero-order valence-electron chi connectivity index (χ0n) is 18.8. The molecular formula is C23H32O8. The van der Waals surface area contributed by atoms with E-state index in [4.69, 9.17) is 23.7 Å². The van der Waals surface area contributed by atoms with Crippen molar-refractivity contribution in [1.29, 1.82) is 0 Å². The lowest BCUT2D eigenvalue weighted by Gasteiger charge is -2.33. The summed E-state index contributed by atoms with van der Waals surface area (Å²) in [5.41, 5.74) is 0.555. The van der Waals surface area contributed by atoms with E-state index in [9.17, 15) is 14.4 Å². The number of carbonyl (C=O) groups excluding carboxylic acids is 3. The summed E-state index contributed by atoms with van der Waals surface area (Å²) in [6.45, 7) is 9.56. The molecule has 1 saturated heterocycles. The van der Waals surface area contributed by atoms with Gasteiger partial charge in [-0.2, -0.15) is 0 Å². The van der Waals surface area contributed by atoms with Gasteiger partial charge in [0, 0.05) is 25.3 Å². The molecule has 1 aliphatic carbocycles. The maximum atomic E-state index is 12.4. The maximum absolute atomic E-state index is 12.4. The molecule has 1 unspecified atom stereocenters. The van der Waals surface area contributed by atoms with Crippen LogP contribution in [0.1, 0.15) is 53.9 Å². The number of epoxide rings is 1. The van der Waals surface area contributed by atoms with Crippen LogP contribution in [-0.4, -0.2) is 49.1 Å². The number of ether oxygens (including phenoxy) is 5. The average Bonchev–Trinajstić information content (AvgIpc) is 3.40. The fourth-order valence-electron chi connectivity index (χ4n) is 3.91. The van der Waals surface area contributed by atoms with Gasteiger partial charge in [-0.15, -0.1) is 0 Å². The lowest BCUT2D eigenvalue weighted by Crippen LogP contribution is -2.45. The van der Waals surface area contributed by atoms with Crippen LogP contribution in [0, 0.1) is 17.8 Å². The van der Waals surface area contributed by atoms with Crippen molar-refractivity contribution in [2.24, 2.45) is 17.8 Å². The SMILES string of the molecule is CCC(C)CC(=O)O[C@@H]1OC=C(COC(C)=O)C2=C[C@H](OC(=O)CC(C)C)[C@]3(CO3)[C@H]21. The van der Waals surface area contributed by atoms with Gasteiger partial charge in [0.15, 0.2) is 6.10 Å². The van der Waals surface area contributed by atoms with Crippen molar-refractivity contribution in [2.75, 3.05) is 13.2 Å². The van der Waals surface area contributed by atoms with E-state index >= 15 is 0 Å². The molecule has 31 heavy (non-hydrogen) atoms. The zero-order chi connectivity index (χ0) is 22.8. The second-order valence-electron chi connectivity index (χ2n) is 8.99. The summed E-state index contributed by atoms with van der Waals surface area (Å²) in [5.74, 6) is -1.21. The summed E-state index contributed by atoms with van der Waals surface area (Å²) in [5, 5.41) is 0. The first-order valence-electron chi connectivity index (χ1n) is 10.9. The normalized spacial score (nSPS) is 29.4. The van der Waals surface area contributed by atoms with Crippen LogP contribution in [-0.2, 0) is 38.1 Å². The first-order valence-corrected chi connectivity index (χ1v) is 10.9. The second kappa shape index (κ2) is 9.42. The van der Waals surface area contributed by atoms with Crippen LogP contribution in [0.5, 0.6) is 0 Å². The van der Waals surface area contributed by atoms with E-state index in [0.29, 0.717) is 18.6 Å². The fraction of sp³-hybridized carbons (Fsp3) is 0.696. The fourth-order valence-corrected chi connectivity index (χ4v) is 3.91. The summed E-state index contributed by atoms with van der Waals surface area (Å²) in [6, 6.07) is 0. The highest BCUT2D eigenvalue weighted by Crippen LogP contribution is 2.54. The van der Waals surface area contributed by atoms with E-state index in [1.807, 2.05) is 33.8 Å². The van der Waals surface area contributed by atoms with Crippen LogP contribution in [0.4, 0.5) is 0 Å². The van der Waals surface area contributed by atoms with E-state index in [1.54, 1.807) is 0 Å². The van der Waals surface area contributed by atoms with Crippen molar-refractivity contribution in [3.05, 3.63) is 23.5 Å². The topological polar surface area (TPSA) is 101 Å². The number of hydrogen-bond donors (Lipinski definition) is 0. The zero-order valence-corrected chi connectivity index (χ0v) is 18.8. The maximum Gasteiger partial charge on any atom is 0.309 e. The van der Waals surface area contributed by atoms with Gasteiger partial charge in [-0.3, -0.25) is 14.4 Å². The molecule has 5 atom stereocenters. The van der Waals surface area contributed by atoms with E-state index < -0.39 is 29.9 Å². The standard InChI is InChI=1S/C23H32O8/c1-6-14(4)8-20(26)31-22-21-17(16(11-28-22)10-27-15(5)24)9-18(23(21)12-29-23)30-19(25)7-13(2)3/h9,11,13-14,18,21-22H,6-8,10,12H2,1-5H3/t14?,18-,21+,22-,23+/m0/s1. The van der Waals surface area contributed by atoms with E-state index in [-0.39, 0.29) is 36.8 Å². The Morgan fingerprint density at radius 3 is 2.42 bits per heavy atom. The minimum Gasteiger partial charge on any atom is -0.461 e. The van der Waals surface area contributed by atoms with Gasteiger partial charge in [0.05, 0.1) is 18.8 Å². The number of fused-ring (bicyclic) bond motifs is 2. The Labute approximate surface area is 182 Å². The number of rotatable bonds is 9. The highest BCUT2D eigenvalue weighted by Gasteiger charge is 2.67. The Hall–Kier alpha value is -2.35. The Morgan fingerprint density at radius 2 is 1.84 bits per heavy atom. The first kappa shape index (κ1) is 23.3. The molecule has 0 bridgehead atoms. The van der Waals surface area contributed by atoms with E-state index in [2.05, 4.69) is 0 Å². The molecule has 0 aromatic rings. The Balaban J connectivity index is 1.82. The number of hydrogen-bond acceptors (Lipinski definition) is 8. The Kier molecular flexibility index (Phi) is 7.09. The first-order chi connectivity index (χ1) is 14.7. The molecular weight excluding hydrogens is 404 g/mol. The molecule has 0 saturated carbocycles. The van der Waals surface area contributed by atoms with Gasteiger partial charge in [0.25, 0.3) is 6.29 Å². The molecule has 1 fully saturated rings. The average molecular weight is 437 g/mol. The smallest absolute Gasteiger partial charge is 0.309 e. The summed E-state index contributed by atoms with van der Waals surface area (Å²) in [7, 11) is 0. The molecule has 0 N–H and O–H groups in total. The molecule has 8 nitrogen and oxygen atoms in total. The Bertz CT molecular complexity index is 776. The summed E-state index contributed by atoms with van der Waals surface area (Å²) in [6.07, 6.45) is 3.16. The van der Waals surface area contributed by atoms with Crippen molar-refractivity contribution in [3.8, 4) is 0 Å². The summed E-state index contributed by atoms with van der Waals surface area (Å²) < 4.78 is 28.1. The van der Waals surface area contributed by atoms with E-state index in [1.165, 1.54) is 13.2 Å². The van der Waals surface area contributed by atoms with Crippen LogP contribution < -0.4 is 0 Å². The van der Waals surface area contributed by atoms with Crippen LogP contribution in [0.25, 0.3) is 0 Å². The predicted octanol–water partition coefficient (Wildman–Crippen LogP) is 3.05. The molecule has 0 aromatic heterocycles. The number of esters is 3. The third-order valence-electron chi connectivity index (χ3n) is 5.86. The van der Waals surface area contributed by atoms with Gasteiger partial charge in [0.1, 0.15) is 12.2 Å². The van der Waals surface area contributed by atoms with Gasteiger partial charge in [-0.25, -0.2) is 0 Å². The van der Waals surface area contributed by atoms with Crippen molar-refractivity contribution in [2.45, 2.75) is 71.9 Å². The molecule has 1 spiro atoms. The molecule has 0 aromatic carbocycles. The minimum atomic E-state index is -0.903. The van der Waals surface area contributed by atoms with Gasteiger partial charge in [-0.05, 0) is 23.5 Å². The third kappa shape index (κ3) is 5.29. The van der Waals surface area contributed by atoms with Crippen LogP contribution >= 0.6 is 0 Å². The lowest BCUT2D eigenvalue weighted by atomic mass is 9.85. The second-order valence-corrected chi connectivity index (χ2v) is 8.99. The van der Waals surface area contributed by atoms with Crippen molar-refractivity contribution in [3.63, 3.8) is 0 Å². The quantitative estimate of drug-likeness (QED) is 0.309. The van der Waals surface area contributed by atoms with Crippen molar-refractivity contribution < 1.29 is 38.1 Å². The van der Waals surface area contributed by atoms with Crippen molar-refractivity contribution >= 4 is 17.9 Å². The minimum absolute atomic E-state index is 0.00788.